The van der Waals surface area contributed by atoms with Crippen LogP contribution in [-0.4, -0.2) is 27.9 Å². The maximum atomic E-state index is 12.9. The Balaban J connectivity index is 1.66. The van der Waals surface area contributed by atoms with Crippen LogP contribution in [0.3, 0.4) is 0 Å². The Morgan fingerprint density at radius 3 is 2.36 bits per heavy atom. The second kappa shape index (κ2) is 9.77. The van der Waals surface area contributed by atoms with E-state index in [1.54, 1.807) is 18.2 Å². The summed E-state index contributed by atoms with van der Waals surface area (Å²) in [4.78, 5) is 39.1. The second-order valence-corrected chi connectivity index (χ2v) is 6.75. The number of carboxylic acids is 1. The summed E-state index contributed by atoms with van der Waals surface area (Å²) in [5.41, 5.74) is -0.111. The van der Waals surface area contributed by atoms with E-state index in [0.717, 1.165) is 24.4 Å². The Hall–Kier alpha value is -4.47. The molecule has 10 heteroatoms. The van der Waals surface area contributed by atoms with Crippen molar-refractivity contribution in [3.05, 3.63) is 95.3 Å². The number of hydrogen-bond donors (Lipinski definition) is 3. The monoisotopic (exact) mass is 455 g/mol. The summed E-state index contributed by atoms with van der Waals surface area (Å²) in [5, 5.41) is 14.0. The van der Waals surface area contributed by atoms with E-state index in [0.29, 0.717) is 11.3 Å². The minimum absolute atomic E-state index is 0.0824. The molecule has 2 aromatic carbocycles. The number of carboxylic acid groups (broad SMARTS) is 1. The molecular formula is C23H16F3N3O4. The van der Waals surface area contributed by atoms with Crippen molar-refractivity contribution in [1.29, 1.82) is 0 Å². The van der Waals surface area contributed by atoms with Crippen LogP contribution < -0.4 is 10.6 Å². The highest BCUT2D eigenvalue weighted by atomic mass is 19.4. The molecule has 0 atom stereocenters. The first kappa shape index (κ1) is 23.2. The summed E-state index contributed by atoms with van der Waals surface area (Å²) in [6.07, 6.45) is 0.520. The molecule has 1 aromatic heterocycles. The van der Waals surface area contributed by atoms with Crippen LogP contribution in [0.2, 0.25) is 0 Å². The molecule has 33 heavy (non-hydrogen) atoms. The molecule has 0 spiro atoms. The van der Waals surface area contributed by atoms with Crippen LogP contribution in [0.4, 0.5) is 24.5 Å². The fraction of sp³-hybridized carbons (Fsp3) is 0.0435. The van der Waals surface area contributed by atoms with Crippen molar-refractivity contribution in [2.75, 3.05) is 10.6 Å². The van der Waals surface area contributed by atoms with Crippen molar-refractivity contribution in [3.8, 4) is 0 Å². The summed E-state index contributed by atoms with van der Waals surface area (Å²) in [5.74, 6) is -2.44. The van der Waals surface area contributed by atoms with E-state index in [-0.39, 0.29) is 16.8 Å². The van der Waals surface area contributed by atoms with E-state index >= 15 is 0 Å². The number of nitrogens with zero attached hydrogens (tertiary/aromatic N) is 1. The van der Waals surface area contributed by atoms with Gasteiger partial charge in [0.25, 0.3) is 5.91 Å². The topological polar surface area (TPSA) is 108 Å². The fourth-order valence-electron chi connectivity index (χ4n) is 2.74. The summed E-state index contributed by atoms with van der Waals surface area (Å²) in [7, 11) is 0. The van der Waals surface area contributed by atoms with Crippen LogP contribution in [-0.2, 0) is 11.0 Å². The number of pyridine rings is 1. The van der Waals surface area contributed by atoms with Crippen molar-refractivity contribution in [2.45, 2.75) is 6.18 Å². The number of aromatic nitrogens is 1. The van der Waals surface area contributed by atoms with Gasteiger partial charge in [-0.3, -0.25) is 14.6 Å². The Morgan fingerprint density at radius 2 is 1.64 bits per heavy atom. The van der Waals surface area contributed by atoms with Crippen molar-refractivity contribution < 1.29 is 32.7 Å². The third-order valence-corrected chi connectivity index (χ3v) is 4.28. The lowest BCUT2D eigenvalue weighted by Gasteiger charge is -2.09. The number of aromatic carboxylic acids is 1. The van der Waals surface area contributed by atoms with Crippen LogP contribution in [0.1, 0.15) is 31.8 Å². The van der Waals surface area contributed by atoms with Crippen LogP contribution in [0.5, 0.6) is 0 Å². The van der Waals surface area contributed by atoms with Crippen molar-refractivity contribution >= 4 is 35.2 Å². The van der Waals surface area contributed by atoms with Crippen molar-refractivity contribution in [1.82, 2.24) is 4.98 Å². The number of halogens is 3. The largest absolute Gasteiger partial charge is 0.478 e. The first-order valence-corrected chi connectivity index (χ1v) is 9.38. The number of carbonyl (C=O) groups is 3. The number of nitrogens with one attached hydrogen (secondary N) is 2. The smallest absolute Gasteiger partial charge is 0.416 e. The maximum Gasteiger partial charge on any atom is 0.416 e. The summed E-state index contributed by atoms with van der Waals surface area (Å²) in [6, 6.07) is 11.6. The minimum Gasteiger partial charge on any atom is -0.478 e. The predicted octanol–water partition coefficient (Wildman–Crippen LogP) is 4.70. The van der Waals surface area contributed by atoms with E-state index < -0.39 is 29.5 Å². The summed E-state index contributed by atoms with van der Waals surface area (Å²) < 4.78 is 38.6. The molecule has 0 saturated heterocycles. The van der Waals surface area contributed by atoms with Crippen LogP contribution in [0.25, 0.3) is 6.08 Å². The van der Waals surface area contributed by atoms with Gasteiger partial charge in [-0.05, 0) is 48.0 Å². The van der Waals surface area contributed by atoms with Crippen molar-refractivity contribution in [2.24, 2.45) is 0 Å². The molecule has 3 rings (SSSR count). The van der Waals surface area contributed by atoms with E-state index in [1.165, 1.54) is 36.5 Å². The molecule has 0 aliphatic carbocycles. The van der Waals surface area contributed by atoms with Gasteiger partial charge in [-0.25, -0.2) is 4.79 Å². The lowest BCUT2D eigenvalue weighted by molar-refractivity contribution is -0.137. The van der Waals surface area contributed by atoms with Gasteiger partial charge in [-0.2, -0.15) is 13.2 Å². The average molecular weight is 455 g/mol. The quantitative estimate of drug-likeness (QED) is 0.467. The van der Waals surface area contributed by atoms with Gasteiger partial charge in [0.1, 0.15) is 0 Å². The van der Waals surface area contributed by atoms with Crippen LogP contribution >= 0.6 is 0 Å². The molecular weight excluding hydrogens is 439 g/mol. The lowest BCUT2D eigenvalue weighted by Crippen LogP contribution is -2.14. The molecule has 0 bridgehead atoms. The van der Waals surface area contributed by atoms with Gasteiger partial charge in [0.05, 0.1) is 23.0 Å². The van der Waals surface area contributed by atoms with Crippen LogP contribution in [0.15, 0.2) is 73.1 Å². The number of hydrogen-bond acceptors (Lipinski definition) is 4. The molecule has 0 radical (unpaired) electrons. The predicted molar refractivity (Wildman–Crippen MR) is 115 cm³/mol. The van der Waals surface area contributed by atoms with E-state index in [4.69, 9.17) is 5.11 Å². The molecule has 7 nitrogen and oxygen atoms in total. The molecule has 168 valence electrons. The fourth-order valence-corrected chi connectivity index (χ4v) is 2.74. The van der Waals surface area contributed by atoms with Crippen molar-refractivity contribution in [3.63, 3.8) is 0 Å². The van der Waals surface area contributed by atoms with Gasteiger partial charge in [-0.1, -0.05) is 18.2 Å². The van der Waals surface area contributed by atoms with Gasteiger partial charge in [0.15, 0.2) is 0 Å². The highest BCUT2D eigenvalue weighted by Crippen LogP contribution is 2.29. The van der Waals surface area contributed by atoms with Gasteiger partial charge in [-0.15, -0.1) is 0 Å². The molecule has 3 N–H and O–H groups in total. The zero-order chi connectivity index (χ0) is 24.0. The first-order chi connectivity index (χ1) is 15.6. The standard InChI is InChI=1S/C23H16F3N3O4/c24-23(25,26)17-5-2-4-15(10-17)21(31)29-18-6-1-3-14(9-18)7-8-20(30)28-19-11-16(22(32)33)12-27-13-19/h1-13H,(H,28,30)(H,29,31)(H,32,33)/b8-7+. The molecule has 0 aliphatic heterocycles. The lowest BCUT2D eigenvalue weighted by atomic mass is 10.1. The molecule has 0 fully saturated rings. The summed E-state index contributed by atoms with van der Waals surface area (Å²) in [6.45, 7) is 0. The third kappa shape index (κ3) is 6.50. The maximum absolute atomic E-state index is 12.9. The Bertz CT molecular complexity index is 1240. The molecule has 1 heterocycles. The minimum atomic E-state index is -4.56. The molecule has 2 amide bonds. The number of rotatable bonds is 6. The van der Waals surface area contributed by atoms with Gasteiger partial charge in [0.2, 0.25) is 5.91 Å². The Kier molecular flexibility index (Phi) is 6.87. The number of benzene rings is 2. The third-order valence-electron chi connectivity index (χ3n) is 4.28. The van der Waals surface area contributed by atoms with Gasteiger partial charge >= 0.3 is 12.1 Å². The second-order valence-electron chi connectivity index (χ2n) is 6.75. The number of carbonyl (C=O) groups excluding carboxylic acids is 2. The molecule has 3 aromatic rings. The van der Waals surface area contributed by atoms with E-state index in [2.05, 4.69) is 15.6 Å². The number of amides is 2. The highest BCUT2D eigenvalue weighted by Gasteiger charge is 2.30. The Morgan fingerprint density at radius 1 is 0.879 bits per heavy atom. The number of alkyl halides is 3. The summed E-state index contributed by atoms with van der Waals surface area (Å²) >= 11 is 0. The molecule has 0 unspecified atom stereocenters. The molecule has 0 aliphatic rings. The van der Waals surface area contributed by atoms with E-state index in [1.807, 2.05) is 0 Å². The zero-order valence-corrected chi connectivity index (χ0v) is 16.8. The molecule has 0 saturated carbocycles. The normalized spacial score (nSPS) is 11.2. The first-order valence-electron chi connectivity index (χ1n) is 9.38. The Labute approximate surface area is 185 Å². The van der Waals surface area contributed by atoms with E-state index in [9.17, 15) is 27.6 Å². The highest BCUT2D eigenvalue weighted by molar-refractivity contribution is 6.05. The zero-order valence-electron chi connectivity index (χ0n) is 16.8. The number of anilines is 2. The average Bonchev–Trinajstić information content (AvgIpc) is 2.77. The van der Waals surface area contributed by atoms with Gasteiger partial charge in [0, 0.05) is 23.5 Å². The van der Waals surface area contributed by atoms with Gasteiger partial charge < -0.3 is 15.7 Å². The SMILES string of the molecule is O=C(/C=C/c1cccc(NC(=O)c2cccc(C(F)(F)F)c2)c1)Nc1cncc(C(=O)O)c1. The van der Waals surface area contributed by atoms with Crippen LogP contribution in [0, 0.1) is 0 Å².